The molecule has 0 saturated carbocycles. The second kappa shape index (κ2) is 5.14. The van der Waals surface area contributed by atoms with E-state index in [1.807, 2.05) is 0 Å². The number of hydrogen-bond acceptors (Lipinski definition) is 3. The van der Waals surface area contributed by atoms with Crippen LogP contribution in [0.25, 0.3) is 0 Å². The summed E-state index contributed by atoms with van der Waals surface area (Å²) in [6.07, 6.45) is 4.52. The lowest BCUT2D eigenvalue weighted by molar-refractivity contribution is -0.371. The minimum Gasteiger partial charge on any atom is -0.462 e. The van der Waals surface area contributed by atoms with Gasteiger partial charge < -0.3 is 4.74 Å². The first kappa shape index (κ1) is 10.4. The van der Waals surface area contributed by atoms with Crippen LogP contribution < -0.4 is 0 Å². The van der Waals surface area contributed by atoms with Crippen LogP contribution in [0.15, 0.2) is 17.4 Å². The lowest BCUT2D eigenvalue weighted by atomic mass is 10.0. The van der Waals surface area contributed by atoms with Crippen molar-refractivity contribution in [3.05, 3.63) is 17.4 Å². The Balaban J connectivity index is 2.82. The summed E-state index contributed by atoms with van der Waals surface area (Å²) < 4.78 is 9.74. The van der Waals surface area contributed by atoms with Crippen LogP contribution in [0.4, 0.5) is 0 Å². The normalized spacial score (nSPS) is 14.2. The quantitative estimate of drug-likeness (QED) is 0.241. The Bertz CT molecular complexity index is 335. The summed E-state index contributed by atoms with van der Waals surface area (Å²) in [6.45, 7) is 2.02. The first-order valence-electron chi connectivity index (χ1n) is 4.43. The van der Waals surface area contributed by atoms with Crippen LogP contribution in [0.5, 0.6) is 0 Å². The summed E-state index contributed by atoms with van der Waals surface area (Å²) >= 11 is 0. The van der Waals surface area contributed by atoms with E-state index >= 15 is 0 Å². The fourth-order valence-electron chi connectivity index (χ4n) is 1.12. The van der Waals surface area contributed by atoms with Crippen molar-refractivity contribution in [1.29, 1.82) is 5.41 Å². The third-order valence-electron chi connectivity index (χ3n) is 1.76. The predicted octanol–water partition coefficient (Wildman–Crippen LogP) is 1.14. The summed E-state index contributed by atoms with van der Waals surface area (Å²) in [6, 6.07) is 0. The largest absolute Gasteiger partial charge is 0.462 e. The van der Waals surface area contributed by atoms with Crippen molar-refractivity contribution in [3.63, 3.8) is 0 Å². The molecule has 74 valence electrons. The summed E-state index contributed by atoms with van der Waals surface area (Å²) in [5, 5.41) is 7.01. The van der Waals surface area contributed by atoms with Gasteiger partial charge in [0.2, 0.25) is 0 Å². The number of hydrogen-bond donors (Lipinski definition) is 1. The van der Waals surface area contributed by atoms with Gasteiger partial charge in [0.1, 0.15) is 5.57 Å². The topological polar surface area (TPSA) is 61.5 Å². The highest BCUT2D eigenvalue weighted by Gasteiger charge is 2.21. The van der Waals surface area contributed by atoms with Crippen LogP contribution >= 0.6 is 0 Å². The molecule has 0 aromatic carbocycles. The fourth-order valence-corrected chi connectivity index (χ4v) is 1.12. The van der Waals surface area contributed by atoms with Gasteiger partial charge in [-0.05, 0) is 19.2 Å². The van der Waals surface area contributed by atoms with Gasteiger partial charge in [0.25, 0.3) is 6.29 Å². The van der Waals surface area contributed by atoms with E-state index < -0.39 is 5.97 Å². The molecule has 0 spiro atoms. The highest BCUT2D eigenvalue weighted by molar-refractivity contribution is 6.01. The van der Waals surface area contributed by atoms with E-state index in [1.165, 1.54) is 6.26 Å². The second-order valence-corrected chi connectivity index (χ2v) is 2.70. The van der Waals surface area contributed by atoms with Crippen LogP contribution in [-0.4, -0.2) is 24.7 Å². The molecule has 0 atom stereocenters. The number of nitrogens with one attached hydrogen (secondary N) is 1. The van der Waals surface area contributed by atoms with Gasteiger partial charge in [-0.2, -0.15) is 0 Å². The zero-order valence-corrected chi connectivity index (χ0v) is 8.00. The number of ether oxygens (including phenoxy) is 1. The average Bonchev–Trinajstić information content (AvgIpc) is 2.21. The van der Waals surface area contributed by atoms with Crippen LogP contribution in [0, 0.1) is 5.41 Å². The molecule has 0 aliphatic carbocycles. The van der Waals surface area contributed by atoms with E-state index in [0.29, 0.717) is 18.6 Å². The Kier molecular flexibility index (Phi) is 3.83. The predicted molar refractivity (Wildman–Crippen MR) is 51.3 cm³/mol. The highest BCUT2D eigenvalue weighted by Crippen LogP contribution is 2.16. The Labute approximate surface area is 82.1 Å². The van der Waals surface area contributed by atoms with Crippen molar-refractivity contribution in [1.82, 2.24) is 0 Å². The molecule has 4 nitrogen and oxygen atoms in total. The number of carbonyl (C=O) groups is 1. The van der Waals surface area contributed by atoms with E-state index in [4.69, 9.17) is 14.6 Å². The molecule has 0 amide bonds. The minimum atomic E-state index is -0.515. The lowest BCUT2D eigenvalue weighted by Crippen LogP contribution is -2.11. The summed E-state index contributed by atoms with van der Waals surface area (Å²) in [5.41, 5.74) is 0.820. The lowest BCUT2D eigenvalue weighted by Gasteiger charge is -2.04. The van der Waals surface area contributed by atoms with Crippen LogP contribution in [-0.2, 0) is 14.0 Å². The molecule has 1 N–H and O–H groups in total. The Morgan fingerprint density at radius 2 is 2.57 bits per heavy atom. The van der Waals surface area contributed by atoms with Gasteiger partial charge in [-0.1, -0.05) is 0 Å². The zero-order valence-electron chi connectivity index (χ0n) is 8.00. The smallest absolute Gasteiger partial charge is 0.348 e. The zero-order chi connectivity index (χ0) is 10.4. The van der Waals surface area contributed by atoms with E-state index in [2.05, 4.69) is 5.87 Å². The van der Waals surface area contributed by atoms with Crippen molar-refractivity contribution in [3.8, 4) is 0 Å². The number of rotatable bonds is 3. The van der Waals surface area contributed by atoms with Gasteiger partial charge in [0, 0.05) is 0 Å². The minimum absolute atomic E-state index is 0.153. The molecule has 1 heterocycles. The van der Waals surface area contributed by atoms with Crippen molar-refractivity contribution >= 4 is 18.1 Å². The van der Waals surface area contributed by atoms with Crippen LogP contribution in [0.3, 0.4) is 0 Å². The first-order chi connectivity index (χ1) is 6.79. The fraction of sp³-hybridized carbons (Fsp3) is 0.400. The molecule has 1 aliphatic rings. The standard InChI is InChI=1S/C10H12NO3/c1-2-14-10(12)9(6-11)8-4-3-5-13-7-8/h5,7,11H,2-4H2,1H3/q+1. The number of esters is 1. The maximum Gasteiger partial charge on any atom is 0.348 e. The maximum absolute atomic E-state index is 11.3. The third-order valence-corrected chi connectivity index (χ3v) is 1.76. The molecule has 1 rings (SSSR count). The summed E-state index contributed by atoms with van der Waals surface area (Å²) in [5.74, 6) is 1.57. The molecule has 0 unspecified atom stereocenters. The number of carbonyl (C=O) groups excluding carboxylic acids is 2. The molecule has 0 aromatic heterocycles. The van der Waals surface area contributed by atoms with Gasteiger partial charge in [0.15, 0.2) is 0 Å². The molecular formula is C10H12NO3+. The van der Waals surface area contributed by atoms with Crippen molar-refractivity contribution < 1.29 is 14.0 Å². The number of aldehydes is 1. The highest BCUT2D eigenvalue weighted by atomic mass is 16.5. The van der Waals surface area contributed by atoms with Gasteiger partial charge in [0.05, 0.1) is 18.6 Å². The second-order valence-electron chi connectivity index (χ2n) is 2.70. The molecule has 14 heavy (non-hydrogen) atoms. The molecular weight excluding hydrogens is 182 g/mol. The van der Waals surface area contributed by atoms with E-state index in [0.717, 1.165) is 6.42 Å². The van der Waals surface area contributed by atoms with Crippen LogP contribution in [0.2, 0.25) is 0 Å². The van der Waals surface area contributed by atoms with Crippen molar-refractivity contribution in [2.45, 2.75) is 19.8 Å². The first-order valence-corrected chi connectivity index (χ1v) is 4.43. The van der Waals surface area contributed by atoms with Crippen molar-refractivity contribution in [2.24, 2.45) is 0 Å². The van der Waals surface area contributed by atoms with Gasteiger partial charge in [-0.25, -0.2) is 9.22 Å². The van der Waals surface area contributed by atoms with Gasteiger partial charge >= 0.3 is 12.2 Å². The molecule has 0 aromatic rings. The summed E-state index contributed by atoms with van der Waals surface area (Å²) in [7, 11) is 0. The van der Waals surface area contributed by atoms with Gasteiger partial charge in [-0.3, -0.25) is 5.41 Å². The monoisotopic (exact) mass is 194 g/mol. The molecule has 0 fully saturated rings. The SMILES string of the molecule is CCOC(=O)C(=C=N)C1=C[O+]=CCC1. The molecule has 4 heteroatoms. The Morgan fingerprint density at radius 1 is 1.79 bits per heavy atom. The van der Waals surface area contributed by atoms with E-state index in [1.54, 1.807) is 13.2 Å². The average molecular weight is 194 g/mol. The molecule has 0 radical (unpaired) electrons. The molecule has 0 saturated heterocycles. The molecule has 1 aliphatic heterocycles. The maximum atomic E-state index is 11.3. The Morgan fingerprint density at radius 3 is 3.07 bits per heavy atom. The van der Waals surface area contributed by atoms with Crippen LogP contribution in [0.1, 0.15) is 19.8 Å². The van der Waals surface area contributed by atoms with E-state index in [-0.39, 0.29) is 5.57 Å². The third kappa shape index (κ3) is 2.41. The molecule has 0 bridgehead atoms. The summed E-state index contributed by atoms with van der Waals surface area (Å²) in [4.78, 5) is 11.3. The van der Waals surface area contributed by atoms with E-state index in [9.17, 15) is 4.79 Å². The Hall–Kier alpha value is -1.67. The van der Waals surface area contributed by atoms with Crippen molar-refractivity contribution in [2.75, 3.05) is 6.61 Å². The van der Waals surface area contributed by atoms with Gasteiger partial charge in [-0.15, -0.1) is 0 Å².